The van der Waals surface area contributed by atoms with Gasteiger partial charge in [0.2, 0.25) is 0 Å². The Morgan fingerprint density at radius 1 is 1.07 bits per heavy atom. The molecule has 0 fully saturated rings. The van der Waals surface area contributed by atoms with E-state index in [1.54, 1.807) is 35.3 Å². The standard InChI is InChI=1S/C21H18N4O4/c26-20(12-28-18-7-5-17-6-8-21(27)29-19(17)9-18)23-10-15-1-3-16(4-2-15)11-25-14-22-13-24-25/h1-9,13-14H,10-12H2,(H,23,26). The van der Waals surface area contributed by atoms with Gasteiger partial charge in [0.1, 0.15) is 24.0 Å². The first-order chi connectivity index (χ1) is 14.2. The number of benzene rings is 2. The Kier molecular flexibility index (Phi) is 5.33. The average molecular weight is 390 g/mol. The molecular formula is C21H18N4O4. The molecule has 2 aromatic heterocycles. The van der Waals surface area contributed by atoms with Gasteiger partial charge in [0, 0.05) is 24.1 Å². The average Bonchev–Trinajstić information content (AvgIpc) is 3.24. The molecule has 0 unspecified atom stereocenters. The van der Waals surface area contributed by atoms with E-state index in [-0.39, 0.29) is 12.5 Å². The topological polar surface area (TPSA) is 99.2 Å². The first kappa shape index (κ1) is 18.4. The quantitative estimate of drug-likeness (QED) is 0.485. The maximum absolute atomic E-state index is 12.1. The van der Waals surface area contributed by atoms with Gasteiger partial charge in [0.05, 0.1) is 6.54 Å². The second-order valence-electron chi connectivity index (χ2n) is 6.43. The van der Waals surface area contributed by atoms with Gasteiger partial charge in [-0.3, -0.25) is 4.79 Å². The summed E-state index contributed by atoms with van der Waals surface area (Å²) >= 11 is 0. The smallest absolute Gasteiger partial charge is 0.336 e. The molecule has 8 nitrogen and oxygen atoms in total. The minimum Gasteiger partial charge on any atom is -0.484 e. The zero-order valence-corrected chi connectivity index (χ0v) is 15.4. The van der Waals surface area contributed by atoms with Crippen LogP contribution in [0.4, 0.5) is 0 Å². The number of hydrogen-bond acceptors (Lipinski definition) is 6. The third-order valence-electron chi connectivity index (χ3n) is 4.29. The highest BCUT2D eigenvalue weighted by molar-refractivity contribution is 5.79. The molecule has 0 radical (unpaired) electrons. The van der Waals surface area contributed by atoms with E-state index in [2.05, 4.69) is 15.4 Å². The molecule has 29 heavy (non-hydrogen) atoms. The maximum Gasteiger partial charge on any atom is 0.336 e. The fourth-order valence-corrected chi connectivity index (χ4v) is 2.80. The van der Waals surface area contributed by atoms with Crippen LogP contribution in [0.3, 0.4) is 0 Å². The maximum atomic E-state index is 12.1. The van der Waals surface area contributed by atoms with Crippen LogP contribution in [0.1, 0.15) is 11.1 Å². The lowest BCUT2D eigenvalue weighted by Gasteiger charge is -2.09. The van der Waals surface area contributed by atoms with Crippen molar-refractivity contribution in [2.24, 2.45) is 0 Å². The first-order valence-corrected chi connectivity index (χ1v) is 8.99. The second kappa shape index (κ2) is 8.39. The molecule has 0 aliphatic rings. The summed E-state index contributed by atoms with van der Waals surface area (Å²) in [5.74, 6) is 0.214. The van der Waals surface area contributed by atoms with E-state index >= 15 is 0 Å². The highest BCUT2D eigenvalue weighted by atomic mass is 16.5. The zero-order valence-electron chi connectivity index (χ0n) is 15.4. The van der Waals surface area contributed by atoms with Crippen LogP contribution in [0.25, 0.3) is 11.0 Å². The number of ether oxygens (including phenoxy) is 1. The lowest BCUT2D eigenvalue weighted by atomic mass is 10.1. The summed E-state index contributed by atoms with van der Waals surface area (Å²) in [6.07, 6.45) is 3.16. The molecule has 0 spiro atoms. The van der Waals surface area contributed by atoms with Crippen molar-refractivity contribution in [1.29, 1.82) is 0 Å². The van der Waals surface area contributed by atoms with Crippen LogP contribution >= 0.6 is 0 Å². The molecule has 0 bridgehead atoms. The van der Waals surface area contributed by atoms with Crippen LogP contribution in [0, 0.1) is 0 Å². The van der Waals surface area contributed by atoms with Gasteiger partial charge in [-0.2, -0.15) is 5.10 Å². The highest BCUT2D eigenvalue weighted by Gasteiger charge is 2.05. The van der Waals surface area contributed by atoms with Gasteiger partial charge < -0.3 is 14.5 Å². The molecule has 146 valence electrons. The molecule has 0 aliphatic carbocycles. The van der Waals surface area contributed by atoms with Crippen molar-refractivity contribution in [2.75, 3.05) is 6.61 Å². The predicted octanol–water partition coefficient (Wildman–Crippen LogP) is 2.13. The van der Waals surface area contributed by atoms with Gasteiger partial charge in [0.25, 0.3) is 5.91 Å². The van der Waals surface area contributed by atoms with E-state index in [9.17, 15) is 9.59 Å². The Labute approximate surface area is 165 Å². The predicted molar refractivity (Wildman–Crippen MR) is 105 cm³/mol. The fourth-order valence-electron chi connectivity index (χ4n) is 2.80. The van der Waals surface area contributed by atoms with Crippen molar-refractivity contribution in [3.05, 3.63) is 88.8 Å². The fraction of sp³-hybridized carbons (Fsp3) is 0.143. The number of carbonyl (C=O) groups is 1. The molecule has 2 aromatic carbocycles. The third kappa shape index (κ3) is 4.86. The van der Waals surface area contributed by atoms with E-state index in [4.69, 9.17) is 9.15 Å². The van der Waals surface area contributed by atoms with Crippen LogP contribution < -0.4 is 15.7 Å². The van der Waals surface area contributed by atoms with Gasteiger partial charge in [0.15, 0.2) is 6.61 Å². The Morgan fingerprint density at radius 3 is 2.66 bits per heavy atom. The molecule has 8 heteroatoms. The van der Waals surface area contributed by atoms with Crippen molar-refractivity contribution in [2.45, 2.75) is 13.1 Å². The number of rotatable bonds is 7. The zero-order chi connectivity index (χ0) is 20.1. The molecule has 2 heterocycles. The molecule has 0 aliphatic heterocycles. The summed E-state index contributed by atoms with van der Waals surface area (Å²) in [4.78, 5) is 27.3. The number of nitrogens with one attached hydrogen (secondary N) is 1. The molecular weight excluding hydrogens is 372 g/mol. The number of aromatic nitrogens is 3. The van der Waals surface area contributed by atoms with Gasteiger partial charge in [-0.25, -0.2) is 14.5 Å². The Bertz CT molecular complexity index is 1170. The molecule has 4 aromatic rings. The largest absolute Gasteiger partial charge is 0.484 e. The Balaban J connectivity index is 1.27. The highest BCUT2D eigenvalue weighted by Crippen LogP contribution is 2.19. The SMILES string of the molecule is O=C(COc1ccc2ccc(=O)oc2c1)NCc1ccc(Cn2cncn2)cc1. The van der Waals surface area contributed by atoms with Crippen molar-refractivity contribution >= 4 is 16.9 Å². The van der Waals surface area contributed by atoms with E-state index in [0.717, 1.165) is 16.5 Å². The summed E-state index contributed by atoms with van der Waals surface area (Å²) in [6, 6.07) is 16.0. The van der Waals surface area contributed by atoms with Gasteiger partial charge in [-0.1, -0.05) is 24.3 Å². The minimum atomic E-state index is -0.431. The van der Waals surface area contributed by atoms with Crippen molar-refractivity contribution in [1.82, 2.24) is 20.1 Å². The summed E-state index contributed by atoms with van der Waals surface area (Å²) < 4.78 is 12.3. The van der Waals surface area contributed by atoms with Crippen LogP contribution in [0.15, 0.2) is 76.5 Å². The molecule has 4 rings (SSSR count). The van der Waals surface area contributed by atoms with Gasteiger partial charge in [-0.05, 0) is 29.3 Å². The monoisotopic (exact) mass is 390 g/mol. The first-order valence-electron chi connectivity index (χ1n) is 8.99. The summed E-state index contributed by atoms with van der Waals surface area (Å²) in [5, 5.41) is 7.67. The minimum absolute atomic E-state index is 0.132. The van der Waals surface area contributed by atoms with Crippen LogP contribution in [0.5, 0.6) is 5.75 Å². The Morgan fingerprint density at radius 2 is 1.86 bits per heavy atom. The van der Waals surface area contributed by atoms with Gasteiger partial charge >= 0.3 is 5.63 Å². The van der Waals surface area contributed by atoms with Crippen LogP contribution in [-0.2, 0) is 17.9 Å². The van der Waals surface area contributed by atoms with Gasteiger partial charge in [-0.15, -0.1) is 0 Å². The summed E-state index contributed by atoms with van der Waals surface area (Å²) in [5.41, 5.74) is 2.06. The van der Waals surface area contributed by atoms with Crippen molar-refractivity contribution < 1.29 is 13.9 Å². The molecule has 1 N–H and O–H groups in total. The summed E-state index contributed by atoms with van der Waals surface area (Å²) in [7, 11) is 0. The van der Waals surface area contributed by atoms with E-state index in [0.29, 0.717) is 24.4 Å². The molecule has 0 saturated carbocycles. The Hall–Kier alpha value is -3.94. The van der Waals surface area contributed by atoms with Crippen molar-refractivity contribution in [3.8, 4) is 5.75 Å². The number of amides is 1. The lowest BCUT2D eigenvalue weighted by molar-refractivity contribution is -0.123. The van der Waals surface area contributed by atoms with Crippen molar-refractivity contribution in [3.63, 3.8) is 0 Å². The second-order valence-corrected chi connectivity index (χ2v) is 6.43. The van der Waals surface area contributed by atoms with Crippen LogP contribution in [0.2, 0.25) is 0 Å². The molecule has 0 saturated heterocycles. The lowest BCUT2D eigenvalue weighted by Crippen LogP contribution is -2.28. The third-order valence-corrected chi connectivity index (χ3v) is 4.29. The number of carbonyl (C=O) groups excluding carboxylic acids is 1. The number of hydrogen-bond donors (Lipinski definition) is 1. The number of nitrogens with zero attached hydrogens (tertiary/aromatic N) is 3. The van der Waals surface area contributed by atoms with E-state index in [1.807, 2.05) is 24.3 Å². The normalized spacial score (nSPS) is 10.8. The number of fused-ring (bicyclic) bond motifs is 1. The van der Waals surface area contributed by atoms with Crippen LogP contribution in [-0.4, -0.2) is 27.3 Å². The van der Waals surface area contributed by atoms with E-state index < -0.39 is 5.63 Å². The molecule has 1 amide bonds. The summed E-state index contributed by atoms with van der Waals surface area (Å²) in [6.45, 7) is 0.914. The molecule has 0 atom stereocenters. The van der Waals surface area contributed by atoms with E-state index in [1.165, 1.54) is 12.4 Å².